The van der Waals surface area contributed by atoms with Crippen LogP contribution in [0.4, 0.5) is 0 Å². The van der Waals surface area contributed by atoms with Crippen LogP contribution in [0.1, 0.15) is 23.2 Å². The number of carboxylic acid groups (broad SMARTS) is 1. The molecule has 19 heavy (non-hydrogen) atoms. The molecule has 1 aliphatic rings. The van der Waals surface area contributed by atoms with Crippen LogP contribution in [0.2, 0.25) is 5.02 Å². The lowest BCUT2D eigenvalue weighted by Crippen LogP contribution is -2.29. The number of phenolic OH excluding ortho intramolecular Hbond substituents is 1. The summed E-state index contributed by atoms with van der Waals surface area (Å²) in [7, 11) is 0. The summed E-state index contributed by atoms with van der Waals surface area (Å²) in [5.41, 5.74) is 0.156. The van der Waals surface area contributed by atoms with Gasteiger partial charge in [0.05, 0.1) is 5.56 Å². The van der Waals surface area contributed by atoms with Crippen molar-refractivity contribution in [1.29, 1.82) is 0 Å². The molecule has 1 saturated heterocycles. The number of carbonyl (C=O) groups excluding carboxylic acids is 1. The third-order valence-electron chi connectivity index (χ3n) is 3.23. The van der Waals surface area contributed by atoms with Crippen LogP contribution in [0.25, 0.3) is 0 Å². The molecular weight excluding hydrogens is 270 g/mol. The Hall–Kier alpha value is -1.75. The molecule has 1 aromatic rings. The zero-order chi connectivity index (χ0) is 14.0. The molecule has 102 valence electrons. The second-order valence-corrected chi connectivity index (χ2v) is 5.10. The van der Waals surface area contributed by atoms with Crippen molar-refractivity contribution in [2.24, 2.45) is 5.92 Å². The molecule has 1 amide bonds. The first-order valence-corrected chi connectivity index (χ1v) is 6.34. The number of hydrogen-bond acceptors (Lipinski definition) is 3. The SMILES string of the molecule is O=C(O)CC1CCN(C(=O)c2cc(Cl)ccc2O)C1. The maximum Gasteiger partial charge on any atom is 0.303 e. The van der Waals surface area contributed by atoms with Gasteiger partial charge in [-0.3, -0.25) is 9.59 Å². The normalized spacial score (nSPS) is 18.6. The number of phenols is 1. The van der Waals surface area contributed by atoms with E-state index in [2.05, 4.69) is 0 Å². The highest BCUT2D eigenvalue weighted by molar-refractivity contribution is 6.31. The zero-order valence-corrected chi connectivity index (χ0v) is 10.9. The second-order valence-electron chi connectivity index (χ2n) is 4.67. The van der Waals surface area contributed by atoms with Crippen LogP contribution in [0.3, 0.4) is 0 Å². The number of hydrogen-bond donors (Lipinski definition) is 2. The van der Waals surface area contributed by atoms with Crippen molar-refractivity contribution in [2.75, 3.05) is 13.1 Å². The monoisotopic (exact) mass is 283 g/mol. The fourth-order valence-electron chi connectivity index (χ4n) is 2.28. The van der Waals surface area contributed by atoms with E-state index in [0.717, 1.165) is 0 Å². The number of likely N-dealkylation sites (tertiary alicyclic amines) is 1. The fourth-order valence-corrected chi connectivity index (χ4v) is 2.45. The smallest absolute Gasteiger partial charge is 0.303 e. The van der Waals surface area contributed by atoms with Crippen molar-refractivity contribution in [3.63, 3.8) is 0 Å². The van der Waals surface area contributed by atoms with E-state index in [1.54, 1.807) is 4.90 Å². The summed E-state index contributed by atoms with van der Waals surface area (Å²) < 4.78 is 0. The van der Waals surface area contributed by atoms with Gasteiger partial charge in [0.15, 0.2) is 0 Å². The molecule has 1 fully saturated rings. The van der Waals surface area contributed by atoms with E-state index < -0.39 is 5.97 Å². The first-order valence-electron chi connectivity index (χ1n) is 5.97. The molecule has 0 aromatic heterocycles. The predicted octanol–water partition coefficient (Wildman–Crippen LogP) is 1.98. The van der Waals surface area contributed by atoms with Crippen molar-refractivity contribution >= 4 is 23.5 Å². The summed E-state index contributed by atoms with van der Waals surface area (Å²) in [5.74, 6) is -1.31. The van der Waals surface area contributed by atoms with E-state index >= 15 is 0 Å². The van der Waals surface area contributed by atoms with Crippen LogP contribution in [-0.4, -0.2) is 40.1 Å². The molecule has 1 aliphatic heterocycles. The van der Waals surface area contributed by atoms with Crippen LogP contribution in [0.15, 0.2) is 18.2 Å². The van der Waals surface area contributed by atoms with Gasteiger partial charge in [-0.25, -0.2) is 0 Å². The van der Waals surface area contributed by atoms with Gasteiger partial charge in [0, 0.05) is 24.5 Å². The van der Waals surface area contributed by atoms with Crippen LogP contribution in [0.5, 0.6) is 5.75 Å². The molecule has 0 radical (unpaired) electrons. The number of benzene rings is 1. The van der Waals surface area contributed by atoms with Gasteiger partial charge >= 0.3 is 5.97 Å². The van der Waals surface area contributed by atoms with Gasteiger partial charge in [-0.05, 0) is 30.5 Å². The number of nitrogens with zero attached hydrogens (tertiary/aromatic N) is 1. The number of aromatic hydroxyl groups is 1. The van der Waals surface area contributed by atoms with E-state index in [4.69, 9.17) is 16.7 Å². The summed E-state index contributed by atoms with van der Waals surface area (Å²) in [6, 6.07) is 4.30. The largest absolute Gasteiger partial charge is 0.507 e. The van der Waals surface area contributed by atoms with Gasteiger partial charge in [0.2, 0.25) is 0 Å². The third-order valence-corrected chi connectivity index (χ3v) is 3.46. The molecule has 0 bridgehead atoms. The molecule has 5 nitrogen and oxygen atoms in total. The van der Waals surface area contributed by atoms with Crippen molar-refractivity contribution < 1.29 is 19.8 Å². The standard InChI is InChI=1S/C13H14ClNO4/c14-9-1-2-11(16)10(6-9)13(19)15-4-3-8(7-15)5-12(17)18/h1-2,6,8,16H,3-5,7H2,(H,17,18). The van der Waals surface area contributed by atoms with Crippen LogP contribution in [0, 0.1) is 5.92 Å². The highest BCUT2D eigenvalue weighted by atomic mass is 35.5. The Bertz CT molecular complexity index is 517. The Balaban J connectivity index is 2.09. The first-order chi connectivity index (χ1) is 8.97. The van der Waals surface area contributed by atoms with Crippen molar-refractivity contribution in [1.82, 2.24) is 4.90 Å². The number of halogens is 1. The predicted molar refractivity (Wildman–Crippen MR) is 69.4 cm³/mol. The summed E-state index contributed by atoms with van der Waals surface area (Å²) in [6.45, 7) is 0.903. The Labute approximate surface area is 115 Å². The minimum atomic E-state index is -0.857. The molecule has 1 heterocycles. The van der Waals surface area contributed by atoms with Crippen LogP contribution < -0.4 is 0 Å². The zero-order valence-electron chi connectivity index (χ0n) is 10.2. The maximum atomic E-state index is 12.2. The lowest BCUT2D eigenvalue weighted by Gasteiger charge is -2.17. The van der Waals surface area contributed by atoms with Gasteiger partial charge in [0.25, 0.3) is 5.91 Å². The fraction of sp³-hybridized carbons (Fsp3) is 0.385. The minimum absolute atomic E-state index is 0.0252. The Morgan fingerprint density at radius 3 is 2.84 bits per heavy atom. The van der Waals surface area contributed by atoms with Gasteiger partial charge < -0.3 is 15.1 Å². The highest BCUT2D eigenvalue weighted by Crippen LogP contribution is 2.26. The number of aliphatic carboxylic acids is 1. The molecular formula is C13H14ClNO4. The topological polar surface area (TPSA) is 77.8 Å². The van der Waals surface area contributed by atoms with Crippen LogP contribution in [-0.2, 0) is 4.79 Å². The maximum absolute atomic E-state index is 12.2. The number of carbonyl (C=O) groups is 2. The molecule has 0 aliphatic carbocycles. The van der Waals surface area contributed by atoms with E-state index in [-0.39, 0.29) is 29.6 Å². The second kappa shape index (κ2) is 5.48. The van der Waals surface area contributed by atoms with E-state index in [1.807, 2.05) is 0 Å². The molecule has 6 heteroatoms. The molecule has 2 rings (SSSR count). The Kier molecular flexibility index (Phi) is 3.95. The van der Waals surface area contributed by atoms with Gasteiger partial charge in [0.1, 0.15) is 5.75 Å². The average Bonchev–Trinajstić information content (AvgIpc) is 2.79. The average molecular weight is 284 g/mol. The summed E-state index contributed by atoms with van der Waals surface area (Å²) >= 11 is 5.81. The van der Waals surface area contributed by atoms with E-state index in [1.165, 1.54) is 18.2 Å². The molecule has 0 saturated carbocycles. The van der Waals surface area contributed by atoms with Gasteiger partial charge in [-0.1, -0.05) is 11.6 Å². The third kappa shape index (κ3) is 3.17. The van der Waals surface area contributed by atoms with E-state index in [0.29, 0.717) is 24.5 Å². The first kappa shape index (κ1) is 13.7. The highest BCUT2D eigenvalue weighted by Gasteiger charge is 2.29. The molecule has 1 aromatic carbocycles. The van der Waals surface area contributed by atoms with Gasteiger partial charge in [-0.15, -0.1) is 0 Å². The number of amides is 1. The molecule has 0 spiro atoms. The van der Waals surface area contributed by atoms with Crippen molar-refractivity contribution in [2.45, 2.75) is 12.8 Å². The quantitative estimate of drug-likeness (QED) is 0.889. The van der Waals surface area contributed by atoms with Crippen molar-refractivity contribution in [3.05, 3.63) is 28.8 Å². The Morgan fingerprint density at radius 1 is 1.42 bits per heavy atom. The summed E-state index contributed by atoms with van der Waals surface area (Å²) in [6.07, 6.45) is 0.727. The Morgan fingerprint density at radius 2 is 2.16 bits per heavy atom. The number of carboxylic acids is 1. The number of rotatable bonds is 3. The van der Waals surface area contributed by atoms with Crippen molar-refractivity contribution in [3.8, 4) is 5.75 Å². The molecule has 1 atom stereocenters. The lowest BCUT2D eigenvalue weighted by molar-refractivity contribution is -0.138. The molecule has 1 unspecified atom stereocenters. The lowest BCUT2D eigenvalue weighted by atomic mass is 10.1. The molecule has 2 N–H and O–H groups in total. The minimum Gasteiger partial charge on any atom is -0.507 e. The van der Waals surface area contributed by atoms with Gasteiger partial charge in [-0.2, -0.15) is 0 Å². The van der Waals surface area contributed by atoms with Crippen LogP contribution >= 0.6 is 11.6 Å². The summed E-state index contributed by atoms with van der Waals surface area (Å²) in [5, 5.41) is 18.8. The van der Waals surface area contributed by atoms with E-state index in [9.17, 15) is 14.7 Å². The summed E-state index contributed by atoms with van der Waals surface area (Å²) in [4.78, 5) is 24.4.